The minimum atomic E-state index is -0.963. The third-order valence-corrected chi connectivity index (χ3v) is 3.62. The minimum absolute atomic E-state index is 0.227. The minimum Gasteiger partial charge on any atom is -0.478 e. The van der Waals surface area contributed by atoms with Gasteiger partial charge in [0.1, 0.15) is 0 Å². The van der Waals surface area contributed by atoms with Crippen molar-refractivity contribution in [3.63, 3.8) is 0 Å². The molecule has 3 N–H and O–H groups in total. The van der Waals surface area contributed by atoms with E-state index < -0.39 is 5.97 Å². The fourth-order valence-corrected chi connectivity index (χ4v) is 2.37. The van der Waals surface area contributed by atoms with Crippen LogP contribution in [-0.4, -0.2) is 21.0 Å². The van der Waals surface area contributed by atoms with Gasteiger partial charge in [0.25, 0.3) is 0 Å². The normalized spacial score (nSPS) is 10.2. The van der Waals surface area contributed by atoms with E-state index in [1.54, 1.807) is 36.9 Å². The van der Waals surface area contributed by atoms with E-state index in [0.717, 1.165) is 22.5 Å². The van der Waals surface area contributed by atoms with Gasteiger partial charge in [0.15, 0.2) is 0 Å². The molecule has 0 unspecified atom stereocenters. The topological polar surface area (TPSA) is 87.1 Å². The number of aromatic nitrogens is 2. The Morgan fingerprint density at radius 3 is 1.80 bits per heavy atom. The van der Waals surface area contributed by atoms with Gasteiger partial charge in [-0.05, 0) is 41.5 Å². The zero-order valence-corrected chi connectivity index (χ0v) is 13.5. The Hall–Kier alpha value is -3.41. The fraction of sp³-hybridized carbons (Fsp3) is 0.105. The van der Waals surface area contributed by atoms with Crippen molar-refractivity contribution in [1.82, 2.24) is 9.97 Å². The second-order valence-corrected chi connectivity index (χ2v) is 5.53. The third-order valence-electron chi connectivity index (χ3n) is 3.62. The predicted molar refractivity (Wildman–Crippen MR) is 96.5 cm³/mol. The summed E-state index contributed by atoms with van der Waals surface area (Å²) in [4.78, 5) is 19.5. The molecule has 0 aliphatic carbocycles. The number of carboxylic acids is 1. The number of aromatic carboxylic acids is 1. The first-order valence-corrected chi connectivity index (χ1v) is 7.84. The molecule has 0 fully saturated rings. The summed E-state index contributed by atoms with van der Waals surface area (Å²) in [5, 5.41) is 15.8. The molecule has 0 amide bonds. The lowest BCUT2D eigenvalue weighted by atomic mass is 10.1. The number of benzene rings is 1. The Bertz CT molecular complexity index is 777. The summed E-state index contributed by atoms with van der Waals surface area (Å²) in [6.45, 7) is 1.14. The first-order valence-electron chi connectivity index (χ1n) is 7.84. The van der Waals surface area contributed by atoms with E-state index in [1.165, 1.54) is 0 Å². The van der Waals surface area contributed by atoms with Gasteiger partial charge in [-0.2, -0.15) is 0 Å². The second kappa shape index (κ2) is 7.92. The fourth-order valence-electron chi connectivity index (χ4n) is 2.37. The molecule has 6 heteroatoms. The van der Waals surface area contributed by atoms with Crippen LogP contribution in [0.5, 0.6) is 0 Å². The van der Waals surface area contributed by atoms with Crippen LogP contribution in [0.1, 0.15) is 21.5 Å². The van der Waals surface area contributed by atoms with E-state index in [0.29, 0.717) is 13.1 Å². The molecule has 0 atom stereocenters. The molecule has 0 radical (unpaired) electrons. The summed E-state index contributed by atoms with van der Waals surface area (Å²) in [6, 6.07) is 12.8. The molecule has 3 aromatic rings. The van der Waals surface area contributed by atoms with Crippen molar-refractivity contribution >= 4 is 17.3 Å². The molecule has 0 saturated carbocycles. The van der Waals surface area contributed by atoms with Crippen LogP contribution >= 0.6 is 0 Å². The Morgan fingerprint density at radius 1 is 0.880 bits per heavy atom. The summed E-state index contributed by atoms with van der Waals surface area (Å²) >= 11 is 0. The van der Waals surface area contributed by atoms with Crippen LogP contribution in [0.25, 0.3) is 0 Å². The second-order valence-electron chi connectivity index (χ2n) is 5.53. The van der Waals surface area contributed by atoms with E-state index in [9.17, 15) is 9.90 Å². The monoisotopic (exact) mass is 334 g/mol. The molecule has 1 aromatic carbocycles. The molecule has 2 heterocycles. The van der Waals surface area contributed by atoms with Gasteiger partial charge in [0, 0.05) is 49.3 Å². The molecular weight excluding hydrogens is 316 g/mol. The summed E-state index contributed by atoms with van der Waals surface area (Å²) in [5.74, 6) is -0.963. The molecule has 2 aromatic heterocycles. The van der Waals surface area contributed by atoms with Crippen molar-refractivity contribution in [2.45, 2.75) is 13.1 Å². The number of rotatable bonds is 7. The lowest BCUT2D eigenvalue weighted by Crippen LogP contribution is -2.06. The molecule has 25 heavy (non-hydrogen) atoms. The van der Waals surface area contributed by atoms with Crippen molar-refractivity contribution in [1.29, 1.82) is 0 Å². The van der Waals surface area contributed by atoms with Crippen molar-refractivity contribution in [2.24, 2.45) is 0 Å². The average molecular weight is 334 g/mol. The molecule has 0 spiro atoms. The largest absolute Gasteiger partial charge is 0.478 e. The zero-order valence-electron chi connectivity index (χ0n) is 13.5. The summed E-state index contributed by atoms with van der Waals surface area (Å²) < 4.78 is 0. The molecule has 0 saturated heterocycles. The van der Waals surface area contributed by atoms with E-state index in [2.05, 4.69) is 20.6 Å². The number of hydrogen-bond acceptors (Lipinski definition) is 5. The Labute approximate surface area is 145 Å². The summed E-state index contributed by atoms with van der Waals surface area (Å²) in [5.41, 5.74) is 3.74. The zero-order chi connectivity index (χ0) is 17.5. The van der Waals surface area contributed by atoms with Gasteiger partial charge < -0.3 is 15.7 Å². The van der Waals surface area contributed by atoms with Crippen LogP contribution in [0.2, 0.25) is 0 Å². The highest BCUT2D eigenvalue weighted by Crippen LogP contribution is 2.20. The van der Waals surface area contributed by atoms with Gasteiger partial charge in [-0.25, -0.2) is 4.79 Å². The van der Waals surface area contributed by atoms with Crippen LogP contribution in [0, 0.1) is 0 Å². The third kappa shape index (κ3) is 4.78. The van der Waals surface area contributed by atoms with Crippen molar-refractivity contribution < 1.29 is 9.90 Å². The van der Waals surface area contributed by atoms with Crippen molar-refractivity contribution in [3.8, 4) is 0 Å². The molecular formula is C19H18N4O2. The highest BCUT2D eigenvalue weighted by atomic mass is 16.4. The summed E-state index contributed by atoms with van der Waals surface area (Å²) in [7, 11) is 0. The average Bonchev–Trinajstić information content (AvgIpc) is 2.66. The first kappa shape index (κ1) is 16.4. The number of carboxylic acid groups (broad SMARTS) is 1. The predicted octanol–water partition coefficient (Wildman–Crippen LogP) is 3.40. The van der Waals surface area contributed by atoms with Crippen LogP contribution in [0.15, 0.2) is 67.3 Å². The van der Waals surface area contributed by atoms with E-state index in [4.69, 9.17) is 0 Å². The number of hydrogen-bond donors (Lipinski definition) is 3. The number of nitrogens with one attached hydrogen (secondary N) is 2. The van der Waals surface area contributed by atoms with Gasteiger partial charge in [-0.1, -0.05) is 12.1 Å². The molecule has 3 rings (SSSR count). The maximum Gasteiger partial charge on any atom is 0.335 e. The molecule has 0 aliphatic heterocycles. The number of carbonyl (C=O) groups is 1. The van der Waals surface area contributed by atoms with E-state index >= 15 is 0 Å². The Kier molecular flexibility index (Phi) is 5.21. The Balaban J connectivity index is 1.73. The van der Waals surface area contributed by atoms with Gasteiger partial charge in [0.2, 0.25) is 0 Å². The van der Waals surface area contributed by atoms with Gasteiger partial charge in [-0.3, -0.25) is 9.97 Å². The highest BCUT2D eigenvalue weighted by Gasteiger charge is 2.07. The molecule has 0 bridgehead atoms. The SMILES string of the molecule is O=C(O)c1cc(NCc2cccnc2)cc(NCc2cccnc2)c1. The standard InChI is InChI=1S/C19H18N4O2/c24-19(25)16-7-17(22-12-14-3-1-5-20-10-14)9-18(8-16)23-13-15-4-2-6-21-11-15/h1-11,22-23H,12-13H2,(H,24,25). The van der Waals surface area contributed by atoms with Gasteiger partial charge in [-0.15, -0.1) is 0 Å². The van der Waals surface area contributed by atoms with Crippen molar-refractivity contribution in [2.75, 3.05) is 10.6 Å². The highest BCUT2D eigenvalue weighted by molar-refractivity contribution is 5.90. The molecule has 0 aliphatic rings. The quantitative estimate of drug-likeness (QED) is 0.614. The molecule has 6 nitrogen and oxygen atoms in total. The maximum absolute atomic E-state index is 11.4. The lowest BCUT2D eigenvalue weighted by Gasteiger charge is -2.12. The number of pyridine rings is 2. The smallest absolute Gasteiger partial charge is 0.335 e. The molecule has 126 valence electrons. The van der Waals surface area contributed by atoms with Crippen LogP contribution in [0.3, 0.4) is 0 Å². The van der Waals surface area contributed by atoms with Crippen molar-refractivity contribution in [3.05, 3.63) is 83.9 Å². The van der Waals surface area contributed by atoms with Gasteiger partial charge in [0.05, 0.1) is 5.56 Å². The van der Waals surface area contributed by atoms with Crippen LogP contribution in [-0.2, 0) is 13.1 Å². The van der Waals surface area contributed by atoms with Gasteiger partial charge >= 0.3 is 5.97 Å². The lowest BCUT2D eigenvalue weighted by molar-refractivity contribution is 0.0697. The first-order chi connectivity index (χ1) is 12.2. The number of nitrogens with zero attached hydrogens (tertiary/aromatic N) is 2. The maximum atomic E-state index is 11.4. The number of anilines is 2. The van der Waals surface area contributed by atoms with Crippen LogP contribution < -0.4 is 10.6 Å². The summed E-state index contributed by atoms with van der Waals surface area (Å²) in [6.07, 6.45) is 6.98. The Morgan fingerprint density at radius 2 is 1.40 bits per heavy atom. The van der Waals surface area contributed by atoms with E-state index in [-0.39, 0.29) is 5.56 Å². The van der Waals surface area contributed by atoms with E-state index in [1.807, 2.05) is 30.3 Å². The van der Waals surface area contributed by atoms with Crippen LogP contribution in [0.4, 0.5) is 11.4 Å².